The minimum atomic E-state index is -0.831. The van der Waals surface area contributed by atoms with Crippen molar-refractivity contribution in [2.45, 2.75) is 46.3 Å². The Balaban J connectivity index is 4.32. The average Bonchev–Trinajstić information content (AvgIpc) is 2.12. The van der Waals surface area contributed by atoms with Gasteiger partial charge in [0.15, 0.2) is 0 Å². The predicted octanol–water partition coefficient (Wildman–Crippen LogP) is 0.946. The minimum Gasteiger partial charge on any atom is -0.389 e. The number of amides is 1. The largest absolute Gasteiger partial charge is 0.389 e. The van der Waals surface area contributed by atoms with E-state index in [1.165, 1.54) is 0 Å². The molecule has 0 saturated heterocycles. The van der Waals surface area contributed by atoms with E-state index in [9.17, 15) is 9.90 Å². The number of nitrogens with zero attached hydrogens (tertiary/aromatic N) is 2. The summed E-state index contributed by atoms with van der Waals surface area (Å²) in [7, 11) is 1.93. The van der Waals surface area contributed by atoms with E-state index < -0.39 is 5.60 Å². The van der Waals surface area contributed by atoms with Gasteiger partial charge in [-0.3, -0.25) is 9.69 Å². The molecule has 0 aliphatic rings. The maximum atomic E-state index is 11.9. The second kappa shape index (κ2) is 6.21. The van der Waals surface area contributed by atoms with Crippen LogP contribution >= 0.6 is 0 Å². The van der Waals surface area contributed by atoms with Gasteiger partial charge in [0.25, 0.3) is 0 Å². The number of hydrogen-bond acceptors (Lipinski definition) is 3. The van der Waals surface area contributed by atoms with Crippen LogP contribution in [0.25, 0.3) is 0 Å². The molecule has 0 radical (unpaired) electrons. The van der Waals surface area contributed by atoms with Crippen molar-refractivity contribution in [1.29, 1.82) is 0 Å². The van der Waals surface area contributed by atoms with Crippen LogP contribution in [0.5, 0.6) is 0 Å². The summed E-state index contributed by atoms with van der Waals surface area (Å²) < 4.78 is 0. The summed E-state index contributed by atoms with van der Waals surface area (Å²) in [6.07, 6.45) is 0. The Kier molecular flexibility index (Phi) is 5.97. The second-order valence-electron chi connectivity index (χ2n) is 5.23. The molecule has 0 atom stereocenters. The van der Waals surface area contributed by atoms with E-state index in [4.69, 9.17) is 0 Å². The van der Waals surface area contributed by atoms with Crippen LogP contribution < -0.4 is 0 Å². The van der Waals surface area contributed by atoms with Crippen molar-refractivity contribution in [2.24, 2.45) is 0 Å². The van der Waals surface area contributed by atoms with E-state index in [1.807, 2.05) is 18.9 Å². The first-order valence-electron chi connectivity index (χ1n) is 5.87. The Bertz CT molecular complexity index is 222. The smallest absolute Gasteiger partial charge is 0.236 e. The molecule has 0 unspecified atom stereocenters. The maximum Gasteiger partial charge on any atom is 0.236 e. The molecule has 0 aromatic heterocycles. The van der Waals surface area contributed by atoms with Gasteiger partial charge in [-0.2, -0.15) is 0 Å². The zero-order chi connectivity index (χ0) is 12.9. The Morgan fingerprint density at radius 2 is 1.88 bits per heavy atom. The molecule has 0 aromatic carbocycles. The van der Waals surface area contributed by atoms with E-state index in [0.717, 1.165) is 0 Å². The van der Waals surface area contributed by atoms with Crippen LogP contribution in [0.1, 0.15) is 34.6 Å². The van der Waals surface area contributed by atoms with Gasteiger partial charge in [0, 0.05) is 19.1 Å². The van der Waals surface area contributed by atoms with Crippen molar-refractivity contribution in [3.05, 3.63) is 0 Å². The van der Waals surface area contributed by atoms with Crippen LogP contribution in [-0.2, 0) is 4.79 Å². The molecule has 0 aliphatic heterocycles. The number of hydrogen-bond donors (Lipinski definition) is 1. The summed E-state index contributed by atoms with van der Waals surface area (Å²) in [5.74, 6) is 0.0702. The molecule has 96 valence electrons. The lowest BCUT2D eigenvalue weighted by Gasteiger charge is -2.30. The zero-order valence-electron chi connectivity index (χ0n) is 11.4. The Morgan fingerprint density at radius 3 is 2.19 bits per heavy atom. The average molecular weight is 230 g/mol. The summed E-state index contributed by atoms with van der Waals surface area (Å²) >= 11 is 0. The highest BCUT2D eigenvalue weighted by Gasteiger charge is 2.22. The van der Waals surface area contributed by atoms with Gasteiger partial charge in [-0.15, -0.1) is 0 Å². The lowest BCUT2D eigenvalue weighted by atomic mass is 10.1. The van der Waals surface area contributed by atoms with Gasteiger partial charge >= 0.3 is 0 Å². The molecular formula is C12H26N2O2. The van der Waals surface area contributed by atoms with Gasteiger partial charge in [0.05, 0.1) is 12.1 Å². The van der Waals surface area contributed by atoms with Crippen molar-refractivity contribution in [3.8, 4) is 0 Å². The highest BCUT2D eigenvalue weighted by Crippen LogP contribution is 2.06. The zero-order valence-corrected chi connectivity index (χ0v) is 11.4. The topological polar surface area (TPSA) is 43.8 Å². The Morgan fingerprint density at radius 1 is 1.38 bits per heavy atom. The van der Waals surface area contributed by atoms with E-state index in [1.54, 1.807) is 18.7 Å². The number of rotatable bonds is 6. The van der Waals surface area contributed by atoms with Crippen LogP contribution in [0.2, 0.25) is 0 Å². The van der Waals surface area contributed by atoms with Crippen LogP contribution in [0.3, 0.4) is 0 Å². The third-order valence-corrected chi connectivity index (χ3v) is 2.58. The van der Waals surface area contributed by atoms with Crippen LogP contribution in [0.15, 0.2) is 0 Å². The second-order valence-corrected chi connectivity index (χ2v) is 5.23. The molecule has 4 heteroatoms. The molecule has 0 aliphatic carbocycles. The predicted molar refractivity (Wildman–Crippen MR) is 66.3 cm³/mol. The Labute approximate surface area is 99.2 Å². The third kappa shape index (κ3) is 6.08. The number of carbonyl (C=O) groups excluding carboxylic acids is 1. The maximum absolute atomic E-state index is 11.9. The molecule has 0 heterocycles. The van der Waals surface area contributed by atoms with Crippen molar-refractivity contribution in [3.63, 3.8) is 0 Å². The molecule has 0 saturated carbocycles. The lowest BCUT2D eigenvalue weighted by molar-refractivity contribution is -0.135. The van der Waals surface area contributed by atoms with Crippen LogP contribution in [0.4, 0.5) is 0 Å². The van der Waals surface area contributed by atoms with E-state index >= 15 is 0 Å². The molecule has 16 heavy (non-hydrogen) atoms. The highest BCUT2D eigenvalue weighted by atomic mass is 16.3. The fourth-order valence-corrected chi connectivity index (χ4v) is 1.34. The van der Waals surface area contributed by atoms with Gasteiger partial charge in [-0.05, 0) is 41.7 Å². The molecule has 0 spiro atoms. The van der Waals surface area contributed by atoms with Crippen molar-refractivity contribution in [2.75, 3.05) is 26.7 Å². The molecule has 0 bridgehead atoms. The molecule has 0 aromatic rings. The SMILES string of the molecule is CCN(CC(C)(C)O)C(=O)CN(C)C(C)C. The van der Waals surface area contributed by atoms with E-state index in [0.29, 0.717) is 25.7 Å². The van der Waals surface area contributed by atoms with E-state index in [-0.39, 0.29) is 5.91 Å². The summed E-state index contributed by atoms with van der Waals surface area (Å²) in [6, 6.07) is 0.352. The highest BCUT2D eigenvalue weighted by molar-refractivity contribution is 5.78. The van der Waals surface area contributed by atoms with Crippen molar-refractivity contribution >= 4 is 5.91 Å². The molecule has 4 nitrogen and oxygen atoms in total. The normalized spacial score (nSPS) is 12.3. The van der Waals surface area contributed by atoms with E-state index in [2.05, 4.69) is 13.8 Å². The summed E-state index contributed by atoms with van der Waals surface area (Å²) in [5, 5.41) is 9.70. The lowest BCUT2D eigenvalue weighted by Crippen LogP contribution is -2.46. The minimum absolute atomic E-state index is 0.0702. The molecule has 1 amide bonds. The fraction of sp³-hybridized carbons (Fsp3) is 0.917. The molecular weight excluding hydrogens is 204 g/mol. The Hall–Kier alpha value is -0.610. The number of aliphatic hydroxyl groups is 1. The fourth-order valence-electron chi connectivity index (χ4n) is 1.34. The molecule has 1 N–H and O–H groups in total. The van der Waals surface area contributed by atoms with Gasteiger partial charge in [0.2, 0.25) is 5.91 Å². The first-order valence-corrected chi connectivity index (χ1v) is 5.87. The first kappa shape index (κ1) is 15.4. The summed E-state index contributed by atoms with van der Waals surface area (Å²) in [6.45, 7) is 10.9. The molecule has 0 rings (SSSR count). The van der Waals surface area contributed by atoms with Crippen LogP contribution in [0, 0.1) is 0 Å². The summed E-state index contributed by atoms with van der Waals surface area (Å²) in [5.41, 5.74) is -0.831. The summed E-state index contributed by atoms with van der Waals surface area (Å²) in [4.78, 5) is 15.6. The van der Waals surface area contributed by atoms with Crippen molar-refractivity contribution < 1.29 is 9.90 Å². The van der Waals surface area contributed by atoms with Gasteiger partial charge < -0.3 is 10.0 Å². The monoisotopic (exact) mass is 230 g/mol. The van der Waals surface area contributed by atoms with Gasteiger partial charge in [0.1, 0.15) is 0 Å². The standard InChI is InChI=1S/C12H26N2O2/c1-7-14(9-12(4,5)16)11(15)8-13(6)10(2)3/h10,16H,7-9H2,1-6H3. The quantitative estimate of drug-likeness (QED) is 0.739. The first-order chi connectivity index (χ1) is 7.17. The number of likely N-dealkylation sites (N-methyl/N-ethyl adjacent to an activating group) is 2. The number of carbonyl (C=O) groups is 1. The third-order valence-electron chi connectivity index (χ3n) is 2.58. The molecule has 0 fully saturated rings. The van der Waals surface area contributed by atoms with Gasteiger partial charge in [-0.1, -0.05) is 0 Å². The van der Waals surface area contributed by atoms with Gasteiger partial charge in [-0.25, -0.2) is 0 Å². The van der Waals surface area contributed by atoms with Crippen LogP contribution in [-0.4, -0.2) is 59.1 Å². The van der Waals surface area contributed by atoms with Crippen molar-refractivity contribution in [1.82, 2.24) is 9.80 Å².